The van der Waals surface area contributed by atoms with Crippen molar-refractivity contribution in [3.8, 4) is 0 Å². The van der Waals surface area contributed by atoms with E-state index in [9.17, 15) is 4.79 Å². The van der Waals surface area contributed by atoms with Crippen LogP contribution in [0.1, 0.15) is 39.0 Å². The number of alkyl carbamates (subject to hydrolysis) is 1. The van der Waals surface area contributed by atoms with Gasteiger partial charge in [0.2, 0.25) is 0 Å². The van der Waals surface area contributed by atoms with Crippen LogP contribution in [0.3, 0.4) is 0 Å². The Bertz CT molecular complexity index is 181. The van der Waals surface area contributed by atoms with E-state index in [-0.39, 0.29) is 12.1 Å². The molecule has 0 unspecified atom stereocenters. The molecule has 0 aromatic rings. The van der Waals surface area contributed by atoms with Crippen LogP contribution in [0.25, 0.3) is 0 Å². The summed E-state index contributed by atoms with van der Waals surface area (Å²) in [5.41, 5.74) is 0. The average Bonchev–Trinajstić information content (AvgIpc) is 2.19. The zero-order valence-corrected chi connectivity index (χ0v) is 10.7. The van der Waals surface area contributed by atoms with Crippen molar-refractivity contribution in [2.24, 2.45) is 5.92 Å². The van der Waals surface area contributed by atoms with Crippen molar-refractivity contribution in [1.29, 1.82) is 0 Å². The third-order valence-corrected chi connectivity index (χ3v) is 3.20. The topological polar surface area (TPSA) is 38.3 Å². The molecule has 0 aromatic carbocycles. The van der Waals surface area contributed by atoms with Gasteiger partial charge >= 0.3 is 6.09 Å². The van der Waals surface area contributed by atoms with Gasteiger partial charge < -0.3 is 10.1 Å². The second-order valence-electron chi connectivity index (χ2n) is 3.87. The highest BCUT2D eigenvalue weighted by atomic mass is 127. The molecule has 4 heteroatoms. The van der Waals surface area contributed by atoms with Crippen molar-refractivity contribution in [1.82, 2.24) is 5.32 Å². The molecular weight excluding hydrogens is 293 g/mol. The van der Waals surface area contributed by atoms with Gasteiger partial charge in [0, 0.05) is 6.04 Å². The Morgan fingerprint density at radius 2 is 2.14 bits per heavy atom. The van der Waals surface area contributed by atoms with Gasteiger partial charge in [-0.2, -0.15) is 0 Å². The van der Waals surface area contributed by atoms with Crippen LogP contribution in [0, 0.1) is 5.92 Å². The molecule has 0 heterocycles. The lowest BCUT2D eigenvalue weighted by molar-refractivity contribution is 0.157. The summed E-state index contributed by atoms with van der Waals surface area (Å²) in [6.07, 6.45) is 6.16. The lowest BCUT2D eigenvalue weighted by Gasteiger charge is -2.27. The van der Waals surface area contributed by atoms with Crippen LogP contribution >= 0.6 is 22.6 Å². The zero-order chi connectivity index (χ0) is 10.4. The molecule has 0 radical (unpaired) electrons. The molecule has 0 spiro atoms. The van der Waals surface area contributed by atoms with Crippen molar-refractivity contribution in [3.63, 3.8) is 0 Å². The predicted octanol–water partition coefficient (Wildman–Crippen LogP) is 3.07. The monoisotopic (exact) mass is 311 g/mol. The molecule has 3 nitrogen and oxygen atoms in total. The normalized spacial score (nSPS) is 20.1. The average molecular weight is 311 g/mol. The van der Waals surface area contributed by atoms with E-state index in [1.807, 2.05) is 22.6 Å². The van der Waals surface area contributed by atoms with Gasteiger partial charge in [0.15, 0.2) is 0 Å². The summed E-state index contributed by atoms with van der Waals surface area (Å²) in [4.78, 5) is 11.2. The van der Waals surface area contributed by atoms with Crippen molar-refractivity contribution >= 4 is 28.7 Å². The Labute approximate surface area is 99.1 Å². The van der Waals surface area contributed by atoms with E-state index < -0.39 is 0 Å². The minimum atomic E-state index is -0.280. The van der Waals surface area contributed by atoms with Crippen LogP contribution in [-0.2, 0) is 4.74 Å². The van der Waals surface area contributed by atoms with E-state index in [1.54, 1.807) is 0 Å². The lowest BCUT2D eigenvalue weighted by Crippen LogP contribution is -2.39. The summed E-state index contributed by atoms with van der Waals surface area (Å²) < 4.78 is 5.26. The van der Waals surface area contributed by atoms with Crippen LogP contribution in [0.15, 0.2) is 0 Å². The fourth-order valence-electron chi connectivity index (χ4n) is 2.03. The number of amides is 1. The maximum atomic E-state index is 11.2. The van der Waals surface area contributed by atoms with Crippen LogP contribution in [-0.4, -0.2) is 16.7 Å². The highest BCUT2D eigenvalue weighted by Crippen LogP contribution is 2.26. The molecule has 1 atom stereocenters. The molecule has 1 saturated carbocycles. The molecule has 0 aliphatic heterocycles. The molecule has 82 valence electrons. The van der Waals surface area contributed by atoms with Crippen LogP contribution in [0.2, 0.25) is 0 Å². The summed E-state index contributed by atoms with van der Waals surface area (Å²) in [6, 6.07) is 0.255. The largest absolute Gasteiger partial charge is 0.439 e. The SMILES string of the molecule is C[C@H](NC(=O)OCI)C1CCCCC1. The number of halogens is 1. The zero-order valence-electron chi connectivity index (χ0n) is 8.59. The van der Waals surface area contributed by atoms with Crippen LogP contribution in [0.5, 0.6) is 0 Å². The van der Waals surface area contributed by atoms with Crippen molar-refractivity contribution in [2.75, 3.05) is 4.61 Å². The first-order chi connectivity index (χ1) is 6.74. The number of hydrogen-bond donors (Lipinski definition) is 1. The Balaban J connectivity index is 2.25. The van der Waals surface area contributed by atoms with E-state index in [0.717, 1.165) is 0 Å². The molecule has 1 aliphatic rings. The van der Waals surface area contributed by atoms with Gasteiger partial charge in [-0.1, -0.05) is 19.3 Å². The fraction of sp³-hybridized carbons (Fsp3) is 0.900. The van der Waals surface area contributed by atoms with Gasteiger partial charge in [-0.05, 0) is 48.3 Å². The van der Waals surface area contributed by atoms with Crippen LogP contribution < -0.4 is 5.32 Å². The second kappa shape index (κ2) is 6.48. The number of ether oxygens (including phenoxy) is 1. The molecule has 1 rings (SSSR count). The molecule has 14 heavy (non-hydrogen) atoms. The van der Waals surface area contributed by atoms with Gasteiger partial charge in [0.25, 0.3) is 0 Å². The van der Waals surface area contributed by atoms with Gasteiger partial charge in [0.05, 0.1) is 0 Å². The Morgan fingerprint density at radius 1 is 1.50 bits per heavy atom. The lowest BCUT2D eigenvalue weighted by atomic mass is 9.85. The van der Waals surface area contributed by atoms with E-state index in [4.69, 9.17) is 4.74 Å². The molecular formula is C10H18INO2. The first-order valence-corrected chi connectivity index (χ1v) is 6.76. The quantitative estimate of drug-likeness (QED) is 0.642. The van der Waals surface area contributed by atoms with E-state index >= 15 is 0 Å². The summed E-state index contributed by atoms with van der Waals surface area (Å²) in [7, 11) is 0. The molecule has 0 bridgehead atoms. The smallest absolute Gasteiger partial charge is 0.408 e. The Kier molecular flexibility index (Phi) is 5.59. The van der Waals surface area contributed by atoms with Gasteiger partial charge in [0.1, 0.15) is 4.61 Å². The first-order valence-electron chi connectivity index (χ1n) is 5.23. The molecule has 0 saturated heterocycles. The van der Waals surface area contributed by atoms with Gasteiger partial charge in [-0.25, -0.2) is 4.79 Å². The van der Waals surface area contributed by atoms with E-state index in [2.05, 4.69) is 12.2 Å². The number of carbonyl (C=O) groups is 1. The van der Waals surface area contributed by atoms with E-state index in [1.165, 1.54) is 32.1 Å². The predicted molar refractivity (Wildman–Crippen MR) is 64.5 cm³/mol. The maximum Gasteiger partial charge on any atom is 0.408 e. The standard InChI is InChI=1S/C10H18INO2/c1-8(12-10(13)14-7-11)9-5-3-2-4-6-9/h8-9H,2-7H2,1H3,(H,12,13)/t8-/m0/s1. The molecule has 1 fully saturated rings. The molecule has 0 aromatic heterocycles. The maximum absolute atomic E-state index is 11.2. The number of carbonyl (C=O) groups excluding carboxylic acids is 1. The summed E-state index contributed by atoms with van der Waals surface area (Å²) in [6.45, 7) is 2.07. The minimum absolute atomic E-state index is 0.255. The third kappa shape index (κ3) is 4.02. The van der Waals surface area contributed by atoms with Crippen molar-refractivity contribution in [3.05, 3.63) is 0 Å². The number of alkyl halides is 1. The number of hydrogen-bond acceptors (Lipinski definition) is 2. The van der Waals surface area contributed by atoms with Crippen LogP contribution in [0.4, 0.5) is 4.79 Å². The van der Waals surface area contributed by atoms with Gasteiger partial charge in [-0.15, -0.1) is 0 Å². The number of rotatable bonds is 3. The summed E-state index contributed by atoms with van der Waals surface area (Å²) >= 11 is 2.02. The fourth-order valence-corrected chi connectivity index (χ4v) is 2.31. The first kappa shape index (κ1) is 12.1. The van der Waals surface area contributed by atoms with Gasteiger partial charge in [-0.3, -0.25) is 0 Å². The Hall–Kier alpha value is 0. The van der Waals surface area contributed by atoms with Crippen molar-refractivity contribution in [2.45, 2.75) is 45.1 Å². The molecule has 1 N–H and O–H groups in total. The van der Waals surface area contributed by atoms with Crippen molar-refractivity contribution < 1.29 is 9.53 Å². The second-order valence-corrected chi connectivity index (χ2v) is 4.49. The third-order valence-electron chi connectivity index (χ3n) is 2.89. The molecule has 1 aliphatic carbocycles. The Morgan fingerprint density at radius 3 is 2.71 bits per heavy atom. The number of nitrogens with one attached hydrogen (secondary N) is 1. The minimum Gasteiger partial charge on any atom is -0.439 e. The highest BCUT2D eigenvalue weighted by molar-refractivity contribution is 14.1. The highest BCUT2D eigenvalue weighted by Gasteiger charge is 2.21. The summed E-state index contributed by atoms with van der Waals surface area (Å²) in [5.74, 6) is 0.644. The molecule has 1 amide bonds. The van der Waals surface area contributed by atoms with E-state index in [0.29, 0.717) is 10.5 Å². The summed E-state index contributed by atoms with van der Waals surface area (Å²) in [5, 5.41) is 2.88.